The Balaban J connectivity index is 2.10. The van der Waals surface area contributed by atoms with Crippen molar-refractivity contribution >= 4 is 11.6 Å². The molecule has 0 atom stereocenters. The van der Waals surface area contributed by atoms with Gasteiger partial charge in [0.1, 0.15) is 13.2 Å². The van der Waals surface area contributed by atoms with Gasteiger partial charge < -0.3 is 14.8 Å². The monoisotopic (exact) mass is 191 g/mol. The van der Waals surface area contributed by atoms with Crippen LogP contribution in [0.3, 0.4) is 0 Å². The molecule has 2 aliphatic rings. The molecule has 1 amide bonds. The van der Waals surface area contributed by atoms with Gasteiger partial charge in [-0.2, -0.15) is 0 Å². The second-order valence-corrected chi connectivity index (χ2v) is 3.38. The first-order valence-corrected chi connectivity index (χ1v) is 4.55. The van der Waals surface area contributed by atoms with Crippen LogP contribution >= 0.6 is 0 Å². The number of carbonyl (C=O) groups excluding carboxylic acids is 1. The number of carbonyl (C=O) groups is 1. The second-order valence-electron chi connectivity index (χ2n) is 3.38. The lowest BCUT2D eigenvalue weighted by molar-refractivity contribution is -0.115. The number of anilines is 1. The van der Waals surface area contributed by atoms with E-state index in [4.69, 9.17) is 9.47 Å². The van der Waals surface area contributed by atoms with Crippen molar-refractivity contribution in [3.8, 4) is 11.5 Å². The van der Waals surface area contributed by atoms with Crippen molar-refractivity contribution < 1.29 is 14.3 Å². The van der Waals surface area contributed by atoms with E-state index in [1.54, 1.807) is 0 Å². The van der Waals surface area contributed by atoms with Gasteiger partial charge in [0.15, 0.2) is 11.5 Å². The molecule has 0 bridgehead atoms. The van der Waals surface area contributed by atoms with E-state index < -0.39 is 0 Å². The Morgan fingerprint density at radius 3 is 2.64 bits per heavy atom. The quantitative estimate of drug-likeness (QED) is 0.664. The van der Waals surface area contributed by atoms with Gasteiger partial charge in [0, 0.05) is 11.8 Å². The maximum Gasteiger partial charge on any atom is 0.228 e. The molecular weight excluding hydrogens is 182 g/mol. The van der Waals surface area contributed by atoms with Crippen LogP contribution in [-0.4, -0.2) is 19.1 Å². The summed E-state index contributed by atoms with van der Waals surface area (Å²) in [5, 5.41) is 2.77. The SMILES string of the molecule is O=C1Cc2cc3c(cc2N1)OCCO3. The predicted molar refractivity (Wildman–Crippen MR) is 49.8 cm³/mol. The van der Waals surface area contributed by atoms with E-state index in [1.165, 1.54) is 0 Å². The third-order valence-electron chi connectivity index (χ3n) is 2.39. The highest BCUT2D eigenvalue weighted by Crippen LogP contribution is 2.37. The summed E-state index contributed by atoms with van der Waals surface area (Å²) in [5.74, 6) is 1.49. The van der Waals surface area contributed by atoms with Crippen molar-refractivity contribution in [2.45, 2.75) is 6.42 Å². The minimum Gasteiger partial charge on any atom is -0.486 e. The van der Waals surface area contributed by atoms with E-state index in [-0.39, 0.29) is 5.91 Å². The largest absolute Gasteiger partial charge is 0.486 e. The van der Waals surface area contributed by atoms with Crippen molar-refractivity contribution in [2.75, 3.05) is 18.5 Å². The molecule has 1 aromatic rings. The summed E-state index contributed by atoms with van der Waals surface area (Å²) in [6.07, 6.45) is 0.436. The third kappa shape index (κ3) is 1.04. The molecule has 14 heavy (non-hydrogen) atoms. The molecule has 0 fully saturated rings. The smallest absolute Gasteiger partial charge is 0.228 e. The van der Waals surface area contributed by atoms with Crippen LogP contribution in [0.15, 0.2) is 12.1 Å². The molecule has 4 heteroatoms. The fraction of sp³-hybridized carbons (Fsp3) is 0.300. The molecule has 0 radical (unpaired) electrons. The molecule has 1 N–H and O–H groups in total. The molecule has 0 spiro atoms. The molecule has 3 rings (SSSR count). The van der Waals surface area contributed by atoms with Gasteiger partial charge in [0.25, 0.3) is 0 Å². The summed E-state index contributed by atoms with van der Waals surface area (Å²) in [6, 6.07) is 3.70. The zero-order chi connectivity index (χ0) is 9.54. The van der Waals surface area contributed by atoms with E-state index >= 15 is 0 Å². The van der Waals surface area contributed by atoms with Crippen LogP contribution in [0.1, 0.15) is 5.56 Å². The van der Waals surface area contributed by atoms with Crippen molar-refractivity contribution in [3.05, 3.63) is 17.7 Å². The van der Waals surface area contributed by atoms with E-state index in [0.29, 0.717) is 19.6 Å². The molecule has 0 aliphatic carbocycles. The van der Waals surface area contributed by atoms with Crippen molar-refractivity contribution in [1.29, 1.82) is 0 Å². The third-order valence-corrected chi connectivity index (χ3v) is 2.39. The molecule has 0 unspecified atom stereocenters. The van der Waals surface area contributed by atoms with Crippen molar-refractivity contribution in [1.82, 2.24) is 0 Å². The minimum absolute atomic E-state index is 0.0300. The van der Waals surface area contributed by atoms with Gasteiger partial charge in [-0.25, -0.2) is 0 Å². The Kier molecular flexibility index (Phi) is 1.45. The van der Waals surface area contributed by atoms with Gasteiger partial charge in [-0.15, -0.1) is 0 Å². The number of hydrogen-bond donors (Lipinski definition) is 1. The highest BCUT2D eigenvalue weighted by atomic mass is 16.6. The van der Waals surface area contributed by atoms with Gasteiger partial charge in [0.2, 0.25) is 5.91 Å². The number of rotatable bonds is 0. The maximum atomic E-state index is 11.1. The van der Waals surface area contributed by atoms with Crippen LogP contribution in [0.4, 0.5) is 5.69 Å². The van der Waals surface area contributed by atoms with E-state index in [0.717, 1.165) is 22.7 Å². The molecule has 0 saturated heterocycles. The first-order chi connectivity index (χ1) is 6.83. The summed E-state index contributed by atoms with van der Waals surface area (Å²) in [4.78, 5) is 11.1. The summed E-state index contributed by atoms with van der Waals surface area (Å²) >= 11 is 0. The Labute approximate surface area is 80.8 Å². The van der Waals surface area contributed by atoms with Gasteiger partial charge >= 0.3 is 0 Å². The average Bonchev–Trinajstić information content (AvgIpc) is 2.53. The predicted octanol–water partition coefficient (Wildman–Crippen LogP) is 0.952. The summed E-state index contributed by atoms with van der Waals surface area (Å²) < 4.78 is 10.8. The van der Waals surface area contributed by atoms with Crippen LogP contribution in [-0.2, 0) is 11.2 Å². The second kappa shape index (κ2) is 2.64. The standard InChI is InChI=1S/C10H9NO3/c12-10-4-6-3-8-9(5-7(6)11-10)14-2-1-13-8/h3,5H,1-2,4H2,(H,11,12). The lowest BCUT2D eigenvalue weighted by Gasteiger charge is -2.19. The fourth-order valence-corrected chi connectivity index (χ4v) is 1.76. The first-order valence-electron chi connectivity index (χ1n) is 4.55. The number of benzene rings is 1. The van der Waals surface area contributed by atoms with E-state index in [1.807, 2.05) is 12.1 Å². The molecule has 2 heterocycles. The van der Waals surface area contributed by atoms with Gasteiger partial charge in [-0.3, -0.25) is 4.79 Å². The fourth-order valence-electron chi connectivity index (χ4n) is 1.76. The molecule has 2 aliphatic heterocycles. The Morgan fingerprint density at radius 2 is 1.86 bits per heavy atom. The molecule has 4 nitrogen and oxygen atoms in total. The van der Waals surface area contributed by atoms with Gasteiger partial charge in [0.05, 0.1) is 6.42 Å². The van der Waals surface area contributed by atoms with Crippen LogP contribution in [0.25, 0.3) is 0 Å². The van der Waals surface area contributed by atoms with Crippen LogP contribution < -0.4 is 14.8 Å². The van der Waals surface area contributed by atoms with Crippen LogP contribution in [0.2, 0.25) is 0 Å². The first kappa shape index (κ1) is 7.67. The highest BCUT2D eigenvalue weighted by molar-refractivity contribution is 5.99. The lowest BCUT2D eigenvalue weighted by Crippen LogP contribution is -2.15. The lowest BCUT2D eigenvalue weighted by atomic mass is 10.1. The summed E-state index contributed by atoms with van der Waals surface area (Å²) in [5.41, 5.74) is 1.83. The summed E-state index contributed by atoms with van der Waals surface area (Å²) in [6.45, 7) is 1.15. The normalized spacial score (nSPS) is 17.6. The zero-order valence-electron chi connectivity index (χ0n) is 7.50. The van der Waals surface area contributed by atoms with E-state index in [2.05, 4.69) is 5.32 Å². The Hall–Kier alpha value is -1.71. The van der Waals surface area contributed by atoms with Crippen LogP contribution in [0.5, 0.6) is 11.5 Å². The maximum absolute atomic E-state index is 11.1. The molecule has 72 valence electrons. The average molecular weight is 191 g/mol. The molecule has 0 saturated carbocycles. The highest BCUT2D eigenvalue weighted by Gasteiger charge is 2.22. The minimum atomic E-state index is 0.0300. The molecule has 1 aromatic carbocycles. The molecular formula is C10H9NO3. The number of nitrogens with one attached hydrogen (secondary N) is 1. The number of ether oxygens (including phenoxy) is 2. The number of amides is 1. The van der Waals surface area contributed by atoms with E-state index in [9.17, 15) is 4.79 Å². The van der Waals surface area contributed by atoms with Crippen LogP contribution in [0, 0.1) is 0 Å². The van der Waals surface area contributed by atoms with Crippen molar-refractivity contribution in [2.24, 2.45) is 0 Å². The Bertz CT molecular complexity index is 377. The number of fused-ring (bicyclic) bond motifs is 2. The summed E-state index contributed by atoms with van der Waals surface area (Å²) in [7, 11) is 0. The topological polar surface area (TPSA) is 47.6 Å². The van der Waals surface area contributed by atoms with Gasteiger partial charge in [-0.05, 0) is 11.6 Å². The zero-order valence-corrected chi connectivity index (χ0v) is 7.50. The van der Waals surface area contributed by atoms with Gasteiger partial charge in [-0.1, -0.05) is 0 Å². The Morgan fingerprint density at radius 1 is 1.14 bits per heavy atom. The van der Waals surface area contributed by atoms with Crippen molar-refractivity contribution in [3.63, 3.8) is 0 Å². The molecule has 0 aromatic heterocycles. The number of hydrogen-bond acceptors (Lipinski definition) is 3.